The van der Waals surface area contributed by atoms with Gasteiger partial charge in [-0.2, -0.15) is 0 Å². The second-order valence-corrected chi connectivity index (χ2v) is 5.30. The van der Waals surface area contributed by atoms with Gasteiger partial charge in [0, 0.05) is 6.54 Å². The van der Waals surface area contributed by atoms with Crippen LogP contribution in [0, 0.1) is 6.92 Å². The van der Waals surface area contributed by atoms with E-state index in [4.69, 9.17) is 9.47 Å². The summed E-state index contributed by atoms with van der Waals surface area (Å²) in [5.41, 5.74) is 0.583. The van der Waals surface area contributed by atoms with Crippen LogP contribution in [0.15, 0.2) is 30.3 Å². The van der Waals surface area contributed by atoms with Crippen molar-refractivity contribution in [2.75, 3.05) is 6.54 Å². The fourth-order valence-electron chi connectivity index (χ4n) is 1.36. The van der Waals surface area contributed by atoms with Crippen LogP contribution in [0.1, 0.15) is 26.3 Å². The van der Waals surface area contributed by atoms with Gasteiger partial charge in [-0.25, -0.2) is 4.79 Å². The number of ether oxygens (including phenoxy) is 2. The van der Waals surface area contributed by atoms with E-state index in [1.54, 1.807) is 0 Å². The zero-order valence-corrected chi connectivity index (χ0v) is 11.8. The Kier molecular flexibility index (Phi) is 5.83. The molecule has 0 fully saturated rings. The first-order valence-electron chi connectivity index (χ1n) is 6.32. The molecule has 0 saturated carbocycles. The van der Waals surface area contributed by atoms with E-state index in [0.29, 0.717) is 13.2 Å². The van der Waals surface area contributed by atoms with Gasteiger partial charge in [-0.15, -0.1) is 0 Å². The van der Waals surface area contributed by atoms with Crippen molar-refractivity contribution in [1.29, 1.82) is 0 Å². The summed E-state index contributed by atoms with van der Waals surface area (Å²) in [4.78, 5) is 11.4. The summed E-state index contributed by atoms with van der Waals surface area (Å²) in [6, 6.07) is 9.82. The van der Waals surface area contributed by atoms with Crippen LogP contribution >= 0.6 is 0 Å². The van der Waals surface area contributed by atoms with Gasteiger partial charge >= 0.3 is 6.09 Å². The van der Waals surface area contributed by atoms with E-state index in [1.807, 2.05) is 51.1 Å². The van der Waals surface area contributed by atoms with Gasteiger partial charge in [-0.05, 0) is 33.3 Å². The van der Waals surface area contributed by atoms with Gasteiger partial charge in [0.15, 0.2) is 0 Å². The smallest absolute Gasteiger partial charge is 0.407 e. The van der Waals surface area contributed by atoms with Crippen LogP contribution in [0.5, 0.6) is 0 Å². The maximum atomic E-state index is 11.4. The molecule has 1 rings (SSSR count). The molecule has 1 radical (unpaired) electrons. The summed E-state index contributed by atoms with van der Waals surface area (Å²) in [6.07, 6.45) is -0.766. The fraction of sp³-hybridized carbons (Fsp3) is 0.467. The van der Waals surface area contributed by atoms with E-state index in [0.717, 1.165) is 5.56 Å². The zero-order chi connectivity index (χ0) is 14.3. The minimum atomic E-state index is -0.494. The first-order valence-corrected chi connectivity index (χ1v) is 6.32. The lowest BCUT2D eigenvalue weighted by atomic mass is 10.2. The molecule has 1 N–H and O–H groups in total. The predicted molar refractivity (Wildman–Crippen MR) is 74.6 cm³/mol. The number of rotatable bonds is 5. The second kappa shape index (κ2) is 7.14. The molecule has 1 aromatic carbocycles. The number of alkyl carbamates (subject to hydrolysis) is 1. The minimum Gasteiger partial charge on any atom is -0.444 e. The largest absolute Gasteiger partial charge is 0.444 e. The molecular weight excluding hydrogens is 242 g/mol. The normalized spacial score (nSPS) is 12.8. The average Bonchev–Trinajstić information content (AvgIpc) is 2.33. The molecule has 0 aliphatic heterocycles. The van der Waals surface area contributed by atoms with Crippen molar-refractivity contribution in [3.8, 4) is 0 Å². The highest BCUT2D eigenvalue weighted by atomic mass is 16.6. The third-order valence-electron chi connectivity index (χ3n) is 2.20. The molecule has 105 valence electrons. The molecule has 19 heavy (non-hydrogen) atoms. The van der Waals surface area contributed by atoms with Gasteiger partial charge in [-0.3, -0.25) is 0 Å². The number of carbonyl (C=O) groups is 1. The van der Waals surface area contributed by atoms with Gasteiger partial charge in [0.1, 0.15) is 5.60 Å². The van der Waals surface area contributed by atoms with Gasteiger partial charge in [-0.1, -0.05) is 30.3 Å². The number of nitrogens with one attached hydrogen (secondary N) is 1. The summed E-state index contributed by atoms with van der Waals surface area (Å²) in [6.45, 7) is 10.1. The Morgan fingerprint density at radius 3 is 2.53 bits per heavy atom. The molecule has 0 saturated heterocycles. The Bertz CT molecular complexity index is 384. The molecule has 0 bridgehead atoms. The van der Waals surface area contributed by atoms with Gasteiger partial charge in [0.2, 0.25) is 0 Å². The van der Waals surface area contributed by atoms with Crippen molar-refractivity contribution in [1.82, 2.24) is 5.32 Å². The highest BCUT2D eigenvalue weighted by Gasteiger charge is 2.16. The first kappa shape index (κ1) is 15.5. The second-order valence-electron chi connectivity index (χ2n) is 5.30. The van der Waals surface area contributed by atoms with Gasteiger partial charge in [0.25, 0.3) is 0 Å². The van der Waals surface area contributed by atoms with Crippen molar-refractivity contribution in [2.45, 2.75) is 39.1 Å². The molecule has 0 heterocycles. The molecule has 1 amide bonds. The van der Waals surface area contributed by atoms with E-state index in [9.17, 15) is 4.79 Å². The molecular formula is C15H22NO3. The molecule has 1 aromatic rings. The molecule has 0 spiro atoms. The van der Waals surface area contributed by atoms with Gasteiger partial charge in [0.05, 0.1) is 12.7 Å². The quantitative estimate of drug-likeness (QED) is 0.889. The summed E-state index contributed by atoms with van der Waals surface area (Å²) >= 11 is 0. The maximum absolute atomic E-state index is 11.4. The van der Waals surface area contributed by atoms with Crippen molar-refractivity contribution >= 4 is 6.09 Å². The van der Waals surface area contributed by atoms with E-state index >= 15 is 0 Å². The molecule has 0 aliphatic carbocycles. The number of carbonyl (C=O) groups excluding carboxylic acids is 1. The summed E-state index contributed by atoms with van der Waals surface area (Å²) < 4.78 is 10.6. The Hall–Kier alpha value is -1.55. The topological polar surface area (TPSA) is 47.6 Å². The standard InChI is InChI=1S/C15H22NO3/c1-12(10-16-14(17)19-15(2,3)4)18-11-13-8-6-5-7-9-13/h5-9,12H,1,10-11H2,2-4H3,(H,16,17)/t12-/m0/s1. The van der Waals surface area contributed by atoms with E-state index in [2.05, 4.69) is 12.2 Å². The van der Waals surface area contributed by atoms with Gasteiger partial charge < -0.3 is 14.8 Å². The molecule has 4 heteroatoms. The Balaban J connectivity index is 2.21. The van der Waals surface area contributed by atoms with Crippen molar-refractivity contribution in [2.24, 2.45) is 0 Å². The van der Waals surface area contributed by atoms with E-state index < -0.39 is 11.7 Å². The monoisotopic (exact) mass is 264 g/mol. The summed E-state index contributed by atoms with van der Waals surface area (Å²) in [5, 5.41) is 2.63. The van der Waals surface area contributed by atoms with E-state index in [1.165, 1.54) is 0 Å². The highest BCUT2D eigenvalue weighted by Crippen LogP contribution is 2.07. The molecule has 0 aromatic heterocycles. The first-order chi connectivity index (χ1) is 8.87. The Labute approximate surface area is 115 Å². The van der Waals surface area contributed by atoms with Crippen molar-refractivity contribution in [3.05, 3.63) is 42.8 Å². The average molecular weight is 264 g/mol. The van der Waals surface area contributed by atoms with E-state index in [-0.39, 0.29) is 6.10 Å². The van der Waals surface area contributed by atoms with Crippen LogP contribution in [0.3, 0.4) is 0 Å². The molecule has 0 unspecified atom stereocenters. The lowest BCUT2D eigenvalue weighted by Crippen LogP contribution is -2.36. The number of amides is 1. The summed E-state index contributed by atoms with van der Waals surface area (Å²) in [5.74, 6) is 0. The fourth-order valence-corrected chi connectivity index (χ4v) is 1.36. The predicted octanol–water partition coefficient (Wildman–Crippen LogP) is 2.93. The molecule has 4 nitrogen and oxygen atoms in total. The SMILES string of the molecule is [CH2][C@@H](CNC(=O)OC(C)(C)C)OCc1ccccc1. The molecule has 0 aliphatic rings. The lowest BCUT2D eigenvalue weighted by molar-refractivity contribution is 0.0414. The Morgan fingerprint density at radius 2 is 1.95 bits per heavy atom. The Morgan fingerprint density at radius 1 is 1.32 bits per heavy atom. The third kappa shape index (κ3) is 7.47. The van der Waals surface area contributed by atoms with Crippen molar-refractivity contribution in [3.63, 3.8) is 0 Å². The summed E-state index contributed by atoms with van der Waals surface area (Å²) in [7, 11) is 0. The highest BCUT2D eigenvalue weighted by molar-refractivity contribution is 5.67. The van der Waals surface area contributed by atoms with Crippen LogP contribution in [-0.4, -0.2) is 24.3 Å². The third-order valence-corrected chi connectivity index (χ3v) is 2.20. The minimum absolute atomic E-state index is 0.312. The zero-order valence-electron chi connectivity index (χ0n) is 11.8. The van der Waals surface area contributed by atoms with Crippen LogP contribution in [0.2, 0.25) is 0 Å². The van der Waals surface area contributed by atoms with Crippen LogP contribution in [-0.2, 0) is 16.1 Å². The number of hydrogen-bond donors (Lipinski definition) is 1. The molecule has 1 atom stereocenters. The lowest BCUT2D eigenvalue weighted by Gasteiger charge is -2.21. The number of hydrogen-bond acceptors (Lipinski definition) is 3. The number of benzene rings is 1. The van der Waals surface area contributed by atoms with Crippen molar-refractivity contribution < 1.29 is 14.3 Å². The van der Waals surface area contributed by atoms with Crippen LogP contribution in [0.25, 0.3) is 0 Å². The maximum Gasteiger partial charge on any atom is 0.407 e. The van der Waals surface area contributed by atoms with Crippen LogP contribution in [0.4, 0.5) is 4.79 Å². The van der Waals surface area contributed by atoms with Crippen LogP contribution < -0.4 is 5.32 Å².